The lowest BCUT2D eigenvalue weighted by Crippen LogP contribution is -2.27. The van der Waals surface area contributed by atoms with Crippen LogP contribution >= 0.6 is 12.4 Å². The Morgan fingerprint density at radius 2 is 1.93 bits per heavy atom. The highest BCUT2D eigenvalue weighted by Gasteiger charge is 2.27. The van der Waals surface area contributed by atoms with Gasteiger partial charge in [-0.05, 0) is 43.2 Å². The number of imidazole rings is 1. The average Bonchev–Trinajstić information content (AvgIpc) is 3.35. The number of nitrogens with zero attached hydrogens (tertiary/aromatic N) is 3. The molecular formula is C20H24ClN5O3S. The predicted molar refractivity (Wildman–Crippen MR) is 118 cm³/mol. The third kappa shape index (κ3) is 4.14. The maximum Gasteiger partial charge on any atom is 0.243 e. The SMILES string of the molecule is Cl.Cn1c(COc2cccc(C(=N)N)c2)nc2cc(S(=O)(=O)N3CCCC3)ccc21. The molecule has 0 radical (unpaired) electrons. The van der Waals surface area contributed by atoms with Gasteiger partial charge in [0.05, 0.1) is 15.9 Å². The van der Waals surface area contributed by atoms with Crippen molar-refractivity contribution >= 4 is 39.3 Å². The maximum atomic E-state index is 12.8. The van der Waals surface area contributed by atoms with Gasteiger partial charge >= 0.3 is 0 Å². The van der Waals surface area contributed by atoms with Crippen LogP contribution in [0.5, 0.6) is 5.75 Å². The third-order valence-electron chi connectivity index (χ3n) is 5.16. The molecule has 1 fully saturated rings. The van der Waals surface area contributed by atoms with E-state index >= 15 is 0 Å². The Morgan fingerprint density at radius 3 is 2.63 bits per heavy atom. The minimum absolute atomic E-state index is 0. The molecule has 2 aromatic carbocycles. The number of halogens is 1. The number of benzene rings is 2. The summed E-state index contributed by atoms with van der Waals surface area (Å²) in [7, 11) is -1.61. The van der Waals surface area contributed by atoms with Gasteiger partial charge in [-0.15, -0.1) is 12.4 Å². The van der Waals surface area contributed by atoms with E-state index in [0.717, 1.165) is 18.4 Å². The first-order valence-corrected chi connectivity index (χ1v) is 10.8. The zero-order valence-corrected chi connectivity index (χ0v) is 18.2. The molecule has 8 nitrogen and oxygen atoms in total. The third-order valence-corrected chi connectivity index (χ3v) is 7.06. The number of fused-ring (bicyclic) bond motifs is 1. The fraction of sp³-hybridized carbons (Fsp3) is 0.300. The summed E-state index contributed by atoms with van der Waals surface area (Å²) in [6.07, 6.45) is 1.80. The van der Waals surface area contributed by atoms with Crippen LogP contribution in [-0.2, 0) is 23.7 Å². The molecular weight excluding hydrogens is 426 g/mol. The quantitative estimate of drug-likeness (QED) is 0.443. The van der Waals surface area contributed by atoms with Crippen molar-refractivity contribution in [2.45, 2.75) is 24.3 Å². The van der Waals surface area contributed by atoms with E-state index in [4.69, 9.17) is 15.9 Å². The molecule has 0 spiro atoms. The summed E-state index contributed by atoms with van der Waals surface area (Å²) in [5, 5.41) is 7.52. The van der Waals surface area contributed by atoms with E-state index in [-0.39, 0.29) is 29.7 Å². The van der Waals surface area contributed by atoms with Crippen LogP contribution in [0.15, 0.2) is 47.4 Å². The second kappa shape index (κ2) is 8.63. The molecule has 0 atom stereocenters. The fourth-order valence-electron chi connectivity index (χ4n) is 3.50. The first-order chi connectivity index (χ1) is 13.9. The molecule has 0 unspecified atom stereocenters. The van der Waals surface area contributed by atoms with Crippen LogP contribution in [-0.4, -0.2) is 41.2 Å². The van der Waals surface area contributed by atoms with E-state index in [1.54, 1.807) is 42.5 Å². The molecule has 1 saturated heterocycles. The van der Waals surface area contributed by atoms with Crippen LogP contribution in [0, 0.1) is 5.41 Å². The molecule has 1 aliphatic rings. The molecule has 3 N–H and O–H groups in total. The second-order valence-electron chi connectivity index (χ2n) is 7.08. The van der Waals surface area contributed by atoms with Crippen molar-refractivity contribution in [3.63, 3.8) is 0 Å². The van der Waals surface area contributed by atoms with Gasteiger partial charge in [0.25, 0.3) is 0 Å². The van der Waals surface area contributed by atoms with Gasteiger partial charge in [0, 0.05) is 25.7 Å². The van der Waals surface area contributed by atoms with Gasteiger partial charge in [0.15, 0.2) is 0 Å². The number of nitrogens with two attached hydrogens (primary N) is 1. The summed E-state index contributed by atoms with van der Waals surface area (Å²) >= 11 is 0. The van der Waals surface area contributed by atoms with Crippen LogP contribution < -0.4 is 10.5 Å². The molecule has 30 heavy (non-hydrogen) atoms. The van der Waals surface area contributed by atoms with Gasteiger partial charge in [-0.25, -0.2) is 13.4 Å². The number of nitrogens with one attached hydrogen (secondary N) is 1. The van der Waals surface area contributed by atoms with E-state index < -0.39 is 10.0 Å². The highest BCUT2D eigenvalue weighted by atomic mass is 35.5. The van der Waals surface area contributed by atoms with Crippen LogP contribution in [0.3, 0.4) is 0 Å². The van der Waals surface area contributed by atoms with Crippen molar-refractivity contribution in [3.8, 4) is 5.75 Å². The minimum atomic E-state index is -3.48. The number of hydrogen-bond acceptors (Lipinski definition) is 5. The Hall–Kier alpha value is -2.62. The number of sulfonamides is 1. The van der Waals surface area contributed by atoms with Crippen LogP contribution in [0.2, 0.25) is 0 Å². The fourth-order valence-corrected chi connectivity index (χ4v) is 5.04. The minimum Gasteiger partial charge on any atom is -0.486 e. The Balaban J connectivity index is 0.00000256. The summed E-state index contributed by atoms with van der Waals surface area (Å²) in [6, 6.07) is 12.1. The second-order valence-corrected chi connectivity index (χ2v) is 9.02. The summed E-state index contributed by atoms with van der Waals surface area (Å²) in [5.74, 6) is 1.23. The van der Waals surface area contributed by atoms with E-state index in [2.05, 4.69) is 4.98 Å². The number of nitrogen functional groups attached to an aromatic ring is 1. The Bertz CT molecular complexity index is 1190. The number of aryl methyl sites for hydroxylation is 1. The summed E-state index contributed by atoms with van der Waals surface area (Å²) in [4.78, 5) is 4.84. The Morgan fingerprint density at radius 1 is 1.20 bits per heavy atom. The van der Waals surface area contributed by atoms with Gasteiger partial charge in [-0.1, -0.05) is 12.1 Å². The zero-order chi connectivity index (χ0) is 20.6. The van der Waals surface area contributed by atoms with Gasteiger partial charge in [0.1, 0.15) is 24.0 Å². The summed E-state index contributed by atoms with van der Waals surface area (Å²) in [5.41, 5.74) is 7.55. The Kier molecular flexibility index (Phi) is 6.35. The van der Waals surface area contributed by atoms with Crippen LogP contribution in [0.25, 0.3) is 11.0 Å². The lowest BCUT2D eigenvalue weighted by atomic mass is 10.2. The summed E-state index contributed by atoms with van der Waals surface area (Å²) in [6.45, 7) is 1.35. The van der Waals surface area contributed by atoms with E-state index in [1.807, 2.05) is 11.6 Å². The smallest absolute Gasteiger partial charge is 0.243 e. The molecule has 1 aliphatic heterocycles. The first kappa shape index (κ1) is 22.1. The van der Waals surface area contributed by atoms with Crippen molar-refractivity contribution in [2.24, 2.45) is 12.8 Å². The van der Waals surface area contributed by atoms with Crippen molar-refractivity contribution in [1.29, 1.82) is 5.41 Å². The van der Waals surface area contributed by atoms with Crippen LogP contribution in [0.4, 0.5) is 0 Å². The number of rotatable bonds is 6. The van der Waals surface area contributed by atoms with Gasteiger partial charge in [-0.2, -0.15) is 4.31 Å². The standard InChI is InChI=1S/C20H23N5O3S.ClH/c1-24-18-8-7-16(29(26,27)25-9-2-3-10-25)12-17(18)23-19(24)13-28-15-6-4-5-14(11-15)20(21)22;/h4-8,11-12H,2-3,9-10,13H2,1H3,(H3,21,22);1H. The number of ether oxygens (including phenoxy) is 1. The van der Waals surface area contributed by atoms with Crippen molar-refractivity contribution in [1.82, 2.24) is 13.9 Å². The zero-order valence-electron chi connectivity index (χ0n) is 16.5. The van der Waals surface area contributed by atoms with Gasteiger partial charge < -0.3 is 15.0 Å². The molecule has 4 rings (SSSR count). The van der Waals surface area contributed by atoms with E-state index in [9.17, 15) is 8.42 Å². The molecule has 0 saturated carbocycles. The van der Waals surface area contributed by atoms with Gasteiger partial charge in [-0.3, -0.25) is 5.41 Å². The molecule has 10 heteroatoms. The molecule has 160 valence electrons. The number of amidine groups is 1. The molecule has 2 heterocycles. The van der Waals surface area contributed by atoms with Gasteiger partial charge in [0.2, 0.25) is 10.0 Å². The normalized spacial score (nSPS) is 14.6. The highest BCUT2D eigenvalue weighted by molar-refractivity contribution is 7.89. The Labute approximate surface area is 181 Å². The molecule has 1 aromatic heterocycles. The highest BCUT2D eigenvalue weighted by Crippen LogP contribution is 2.25. The first-order valence-electron chi connectivity index (χ1n) is 9.39. The monoisotopic (exact) mass is 449 g/mol. The maximum absolute atomic E-state index is 12.8. The molecule has 0 amide bonds. The molecule has 0 aliphatic carbocycles. The van der Waals surface area contributed by atoms with Crippen molar-refractivity contribution in [3.05, 3.63) is 53.9 Å². The number of aromatic nitrogens is 2. The predicted octanol–water partition coefficient (Wildman–Crippen LogP) is 2.64. The number of hydrogen-bond donors (Lipinski definition) is 2. The lowest BCUT2D eigenvalue weighted by Gasteiger charge is -2.15. The van der Waals surface area contributed by atoms with E-state index in [1.165, 1.54) is 4.31 Å². The van der Waals surface area contributed by atoms with Crippen molar-refractivity contribution in [2.75, 3.05) is 13.1 Å². The largest absolute Gasteiger partial charge is 0.486 e. The molecule has 3 aromatic rings. The van der Waals surface area contributed by atoms with E-state index in [0.29, 0.717) is 35.7 Å². The molecule has 0 bridgehead atoms. The van der Waals surface area contributed by atoms with Crippen molar-refractivity contribution < 1.29 is 13.2 Å². The average molecular weight is 450 g/mol. The topological polar surface area (TPSA) is 114 Å². The summed E-state index contributed by atoms with van der Waals surface area (Å²) < 4.78 is 34.8. The van der Waals surface area contributed by atoms with Crippen LogP contribution in [0.1, 0.15) is 24.2 Å². The lowest BCUT2D eigenvalue weighted by molar-refractivity contribution is 0.292.